The number of benzene rings is 1. The zero-order chi connectivity index (χ0) is 15.8. The second-order valence-electron chi connectivity index (χ2n) is 4.14. The third-order valence-corrected chi connectivity index (χ3v) is 4.85. The van der Waals surface area contributed by atoms with E-state index >= 15 is 0 Å². The van der Waals surface area contributed by atoms with Crippen molar-refractivity contribution in [2.24, 2.45) is 0 Å². The molecule has 0 amide bonds. The van der Waals surface area contributed by atoms with E-state index in [9.17, 15) is 13.2 Å². The van der Waals surface area contributed by atoms with Gasteiger partial charge in [-0.3, -0.25) is 0 Å². The molecule has 8 nitrogen and oxygen atoms in total. The van der Waals surface area contributed by atoms with Gasteiger partial charge in [-0.15, -0.1) is 0 Å². The number of hydrogen-bond acceptors (Lipinski definition) is 6. The van der Waals surface area contributed by atoms with Crippen molar-refractivity contribution in [2.75, 3.05) is 4.72 Å². The van der Waals surface area contributed by atoms with Crippen LogP contribution >= 0.6 is 15.9 Å². The number of aryl methyl sites for hydroxylation is 1. The van der Waals surface area contributed by atoms with Crippen LogP contribution in [-0.2, 0) is 10.0 Å². The quantitative estimate of drug-likeness (QED) is 0.836. The van der Waals surface area contributed by atoms with E-state index in [-0.39, 0.29) is 22.3 Å². The molecule has 0 unspecified atom stereocenters. The number of anilines is 1. The molecule has 0 fully saturated rings. The van der Waals surface area contributed by atoms with Crippen LogP contribution in [0.15, 0.2) is 26.0 Å². The first kappa shape index (κ1) is 15.4. The Balaban J connectivity index is 2.51. The number of hydrogen-bond donors (Lipinski definition) is 2. The SMILES string of the molecule is Cc1noc(NS(=O)(=O)c2cc(C(=O)O)cc(Br)c2C)n1. The van der Waals surface area contributed by atoms with Crippen LogP contribution in [0, 0.1) is 13.8 Å². The lowest BCUT2D eigenvalue weighted by molar-refractivity contribution is 0.0696. The summed E-state index contributed by atoms with van der Waals surface area (Å²) >= 11 is 3.14. The summed E-state index contributed by atoms with van der Waals surface area (Å²) in [7, 11) is -4.05. The van der Waals surface area contributed by atoms with Crippen LogP contribution in [0.25, 0.3) is 0 Å². The van der Waals surface area contributed by atoms with Crippen LogP contribution in [0.1, 0.15) is 21.7 Å². The first-order chi connectivity index (χ1) is 9.70. The van der Waals surface area contributed by atoms with Crippen LogP contribution in [-0.4, -0.2) is 29.6 Å². The van der Waals surface area contributed by atoms with Gasteiger partial charge in [0.1, 0.15) is 0 Å². The minimum absolute atomic E-state index is 0.158. The average molecular weight is 376 g/mol. The molecule has 10 heteroatoms. The van der Waals surface area contributed by atoms with E-state index in [1.54, 1.807) is 6.92 Å². The highest BCUT2D eigenvalue weighted by Crippen LogP contribution is 2.27. The smallest absolute Gasteiger partial charge is 0.335 e. The topological polar surface area (TPSA) is 122 Å². The van der Waals surface area contributed by atoms with Crippen molar-refractivity contribution in [1.29, 1.82) is 0 Å². The van der Waals surface area contributed by atoms with E-state index in [1.807, 2.05) is 0 Å². The molecule has 1 aromatic carbocycles. The zero-order valence-corrected chi connectivity index (χ0v) is 13.3. The van der Waals surface area contributed by atoms with Gasteiger partial charge in [0, 0.05) is 4.47 Å². The van der Waals surface area contributed by atoms with Gasteiger partial charge in [0.15, 0.2) is 5.82 Å². The molecule has 1 aromatic heterocycles. The van der Waals surface area contributed by atoms with Crippen LogP contribution in [0.4, 0.5) is 6.01 Å². The minimum Gasteiger partial charge on any atom is -0.478 e. The normalized spacial score (nSPS) is 11.4. The highest BCUT2D eigenvalue weighted by molar-refractivity contribution is 9.10. The van der Waals surface area contributed by atoms with Crippen molar-refractivity contribution in [2.45, 2.75) is 18.7 Å². The highest BCUT2D eigenvalue weighted by Gasteiger charge is 2.23. The molecule has 0 bridgehead atoms. The third-order valence-electron chi connectivity index (χ3n) is 2.58. The predicted molar refractivity (Wildman–Crippen MR) is 75.7 cm³/mol. The molecule has 0 aliphatic heterocycles. The van der Waals surface area contributed by atoms with Gasteiger partial charge in [-0.25, -0.2) is 17.9 Å². The van der Waals surface area contributed by atoms with E-state index in [0.29, 0.717) is 10.0 Å². The number of carboxylic acid groups (broad SMARTS) is 1. The Morgan fingerprint density at radius 2 is 2.05 bits per heavy atom. The minimum atomic E-state index is -4.05. The Morgan fingerprint density at radius 3 is 2.57 bits per heavy atom. The molecule has 0 radical (unpaired) electrons. The summed E-state index contributed by atoms with van der Waals surface area (Å²) in [4.78, 5) is 14.6. The number of aromatic carboxylic acids is 1. The van der Waals surface area contributed by atoms with Crippen molar-refractivity contribution < 1.29 is 22.8 Å². The maximum atomic E-state index is 12.3. The fraction of sp³-hybridized carbons (Fsp3) is 0.182. The van der Waals surface area contributed by atoms with Gasteiger partial charge in [-0.1, -0.05) is 21.1 Å². The monoisotopic (exact) mass is 375 g/mol. The first-order valence-electron chi connectivity index (χ1n) is 5.57. The van der Waals surface area contributed by atoms with Gasteiger partial charge >= 0.3 is 12.0 Å². The molecule has 0 aliphatic rings. The molecule has 0 aliphatic carbocycles. The molecule has 0 saturated carbocycles. The maximum absolute atomic E-state index is 12.3. The summed E-state index contributed by atoms with van der Waals surface area (Å²) < 4.78 is 31.8. The Bertz CT molecular complexity index is 815. The zero-order valence-electron chi connectivity index (χ0n) is 10.9. The summed E-state index contributed by atoms with van der Waals surface area (Å²) in [5, 5.41) is 12.5. The Kier molecular flexibility index (Phi) is 4.01. The number of rotatable bonds is 4. The molecule has 0 spiro atoms. The Hall–Kier alpha value is -1.94. The van der Waals surface area contributed by atoms with E-state index in [2.05, 4.69) is 30.8 Å². The first-order valence-corrected chi connectivity index (χ1v) is 7.85. The van der Waals surface area contributed by atoms with Gasteiger partial charge in [0.2, 0.25) is 0 Å². The Morgan fingerprint density at radius 1 is 1.38 bits per heavy atom. The van der Waals surface area contributed by atoms with Gasteiger partial charge in [0.05, 0.1) is 10.5 Å². The molecule has 2 rings (SSSR count). The molecule has 0 atom stereocenters. The second kappa shape index (κ2) is 5.45. The molecule has 112 valence electrons. The van der Waals surface area contributed by atoms with E-state index in [4.69, 9.17) is 9.63 Å². The fourth-order valence-electron chi connectivity index (χ4n) is 1.56. The lowest BCUT2D eigenvalue weighted by atomic mass is 10.1. The number of nitrogens with zero attached hydrogens (tertiary/aromatic N) is 2. The van der Waals surface area contributed by atoms with Crippen LogP contribution in [0.3, 0.4) is 0 Å². The van der Waals surface area contributed by atoms with Crippen LogP contribution in [0.5, 0.6) is 0 Å². The van der Waals surface area contributed by atoms with Crippen molar-refractivity contribution in [3.05, 3.63) is 33.6 Å². The number of carboxylic acids is 1. The molecule has 21 heavy (non-hydrogen) atoms. The van der Waals surface area contributed by atoms with Crippen molar-refractivity contribution in [3.63, 3.8) is 0 Å². The van der Waals surface area contributed by atoms with Gasteiger partial charge in [0.25, 0.3) is 10.0 Å². The number of aromatic nitrogens is 2. The van der Waals surface area contributed by atoms with Gasteiger partial charge in [-0.05, 0) is 31.5 Å². The maximum Gasteiger partial charge on any atom is 0.335 e. The number of halogens is 1. The van der Waals surface area contributed by atoms with Crippen molar-refractivity contribution in [3.8, 4) is 0 Å². The lowest BCUT2D eigenvalue weighted by Gasteiger charge is -2.10. The van der Waals surface area contributed by atoms with E-state index < -0.39 is 16.0 Å². The molecule has 0 saturated heterocycles. The Labute approximate surface area is 128 Å². The van der Waals surface area contributed by atoms with Gasteiger partial charge < -0.3 is 9.63 Å². The van der Waals surface area contributed by atoms with E-state index in [0.717, 1.165) is 6.07 Å². The third kappa shape index (κ3) is 3.22. The summed E-state index contributed by atoms with van der Waals surface area (Å²) in [5.74, 6) is -0.967. The molecular formula is C11H10BrN3O5S. The molecular weight excluding hydrogens is 366 g/mol. The lowest BCUT2D eigenvalue weighted by Crippen LogP contribution is -2.16. The highest BCUT2D eigenvalue weighted by atomic mass is 79.9. The van der Waals surface area contributed by atoms with Gasteiger partial charge in [-0.2, -0.15) is 4.98 Å². The van der Waals surface area contributed by atoms with Crippen LogP contribution in [0.2, 0.25) is 0 Å². The average Bonchev–Trinajstić information content (AvgIpc) is 2.76. The van der Waals surface area contributed by atoms with Crippen LogP contribution < -0.4 is 4.72 Å². The summed E-state index contributed by atoms with van der Waals surface area (Å²) in [6.45, 7) is 3.08. The number of sulfonamides is 1. The standard InChI is InChI=1S/C11H10BrN3O5S/c1-5-8(12)3-7(10(16)17)4-9(5)21(18,19)15-11-13-6(2)14-20-11/h3-4H,1-2H3,(H,16,17)(H,13,14,15). The summed E-state index contributed by atoms with van der Waals surface area (Å²) in [5.41, 5.74) is 0.207. The largest absolute Gasteiger partial charge is 0.478 e. The summed E-state index contributed by atoms with van der Waals surface area (Å²) in [6, 6.07) is 2.10. The molecule has 2 aromatic rings. The van der Waals surface area contributed by atoms with Crippen molar-refractivity contribution >= 4 is 37.9 Å². The number of carbonyl (C=O) groups is 1. The molecule has 2 N–H and O–H groups in total. The molecule has 1 heterocycles. The van der Waals surface area contributed by atoms with E-state index in [1.165, 1.54) is 13.0 Å². The predicted octanol–water partition coefficient (Wildman–Crippen LogP) is 1.95. The number of nitrogens with one attached hydrogen (secondary N) is 1. The fourth-order valence-corrected chi connectivity index (χ4v) is 3.37. The van der Waals surface area contributed by atoms with Crippen molar-refractivity contribution in [1.82, 2.24) is 10.1 Å². The summed E-state index contributed by atoms with van der Waals surface area (Å²) in [6.07, 6.45) is 0. The second-order valence-corrected chi connectivity index (χ2v) is 6.64.